The lowest BCUT2D eigenvalue weighted by Gasteiger charge is -2.13. The Morgan fingerprint density at radius 3 is 3.19 bits per heavy atom. The van der Waals surface area contributed by atoms with Crippen molar-refractivity contribution in [1.29, 1.82) is 0 Å². The van der Waals surface area contributed by atoms with E-state index in [0.717, 1.165) is 31.0 Å². The van der Waals surface area contributed by atoms with E-state index in [-0.39, 0.29) is 0 Å². The second-order valence-corrected chi connectivity index (χ2v) is 4.93. The molecule has 0 amide bonds. The molecule has 84 valence electrons. The van der Waals surface area contributed by atoms with Crippen LogP contribution in [0, 0.1) is 0 Å². The van der Waals surface area contributed by atoms with Crippen molar-refractivity contribution in [3.8, 4) is 11.3 Å². The Bertz CT molecular complexity index is 462. The summed E-state index contributed by atoms with van der Waals surface area (Å²) in [6.07, 6.45) is 1.06. The van der Waals surface area contributed by atoms with Crippen molar-refractivity contribution in [2.45, 2.75) is 12.5 Å². The Labute approximate surface area is 98.1 Å². The summed E-state index contributed by atoms with van der Waals surface area (Å²) in [5, 5.41) is 11.6. The van der Waals surface area contributed by atoms with Gasteiger partial charge < -0.3 is 10.6 Å². The van der Waals surface area contributed by atoms with E-state index in [1.54, 1.807) is 11.3 Å². The summed E-state index contributed by atoms with van der Waals surface area (Å²) in [6, 6.07) is 4.49. The lowest BCUT2D eigenvalue weighted by Crippen LogP contribution is -2.26. The maximum Gasteiger partial charge on any atom is 0.151 e. The molecule has 1 fully saturated rings. The number of aromatic amines is 1. The maximum absolute atomic E-state index is 5.89. The number of nitrogens with zero attached hydrogens (tertiary/aromatic N) is 2. The fraction of sp³-hybridized carbons (Fsp3) is 0.364. The van der Waals surface area contributed by atoms with Gasteiger partial charge in [-0.3, -0.25) is 5.10 Å². The fourth-order valence-electron chi connectivity index (χ4n) is 2.03. The standard InChI is InChI=1S/C11H14N4S/c12-9-1-3-15(6-9)11-5-10(13-14-11)8-2-4-16-7-8/h2,4-5,7,9H,1,3,6,12H2,(H,13,14). The summed E-state index contributed by atoms with van der Waals surface area (Å²) in [7, 11) is 0. The Hall–Kier alpha value is -1.33. The Balaban J connectivity index is 1.83. The highest BCUT2D eigenvalue weighted by Gasteiger charge is 2.21. The molecule has 2 aromatic heterocycles. The van der Waals surface area contributed by atoms with Gasteiger partial charge in [-0.1, -0.05) is 0 Å². The van der Waals surface area contributed by atoms with Gasteiger partial charge in [-0.05, 0) is 17.9 Å². The summed E-state index contributed by atoms with van der Waals surface area (Å²) in [5.74, 6) is 1.01. The summed E-state index contributed by atoms with van der Waals surface area (Å²) in [4.78, 5) is 2.23. The number of hydrogen-bond donors (Lipinski definition) is 2. The fourth-order valence-corrected chi connectivity index (χ4v) is 2.69. The SMILES string of the molecule is NC1CCN(c2cc(-c3ccsc3)[nH]n2)C1. The van der Waals surface area contributed by atoms with Crippen LogP contribution in [0.5, 0.6) is 0 Å². The average Bonchev–Trinajstić information content (AvgIpc) is 2.97. The number of hydrogen-bond acceptors (Lipinski definition) is 4. The molecule has 3 heterocycles. The monoisotopic (exact) mass is 234 g/mol. The molecule has 0 saturated carbocycles. The summed E-state index contributed by atoms with van der Waals surface area (Å²) in [6.45, 7) is 1.92. The highest BCUT2D eigenvalue weighted by atomic mass is 32.1. The molecule has 1 aliphatic heterocycles. The second-order valence-electron chi connectivity index (χ2n) is 4.15. The minimum Gasteiger partial charge on any atom is -0.354 e. The van der Waals surface area contributed by atoms with E-state index in [9.17, 15) is 0 Å². The van der Waals surface area contributed by atoms with Crippen LogP contribution in [-0.4, -0.2) is 29.3 Å². The van der Waals surface area contributed by atoms with Gasteiger partial charge in [0.1, 0.15) is 0 Å². The van der Waals surface area contributed by atoms with Crippen molar-refractivity contribution < 1.29 is 0 Å². The lowest BCUT2D eigenvalue weighted by atomic mass is 10.2. The third kappa shape index (κ3) is 1.72. The number of anilines is 1. The predicted molar refractivity (Wildman–Crippen MR) is 66.7 cm³/mol. The number of thiophene rings is 1. The third-order valence-corrected chi connectivity index (χ3v) is 3.63. The van der Waals surface area contributed by atoms with E-state index in [0.29, 0.717) is 6.04 Å². The molecular weight excluding hydrogens is 220 g/mol. The first-order chi connectivity index (χ1) is 7.83. The zero-order chi connectivity index (χ0) is 11.0. The van der Waals surface area contributed by atoms with Gasteiger partial charge in [0.15, 0.2) is 5.82 Å². The average molecular weight is 234 g/mol. The van der Waals surface area contributed by atoms with Crippen LogP contribution in [0.2, 0.25) is 0 Å². The molecule has 0 aromatic carbocycles. The molecule has 3 rings (SSSR count). The molecule has 1 unspecified atom stereocenters. The van der Waals surface area contributed by atoms with Crippen LogP contribution in [0.3, 0.4) is 0 Å². The van der Waals surface area contributed by atoms with Gasteiger partial charge in [-0.25, -0.2) is 0 Å². The molecule has 1 atom stereocenters. The van der Waals surface area contributed by atoms with Gasteiger partial charge in [0.2, 0.25) is 0 Å². The smallest absolute Gasteiger partial charge is 0.151 e. The number of nitrogens with one attached hydrogen (secondary N) is 1. The van der Waals surface area contributed by atoms with Crippen LogP contribution in [0.25, 0.3) is 11.3 Å². The van der Waals surface area contributed by atoms with Crippen molar-refractivity contribution in [2.24, 2.45) is 5.73 Å². The van der Waals surface area contributed by atoms with Gasteiger partial charge in [0.25, 0.3) is 0 Å². The molecule has 3 N–H and O–H groups in total. The number of aromatic nitrogens is 2. The topological polar surface area (TPSA) is 57.9 Å². The largest absolute Gasteiger partial charge is 0.354 e. The van der Waals surface area contributed by atoms with E-state index < -0.39 is 0 Å². The van der Waals surface area contributed by atoms with Gasteiger partial charge in [-0.2, -0.15) is 16.4 Å². The molecule has 1 saturated heterocycles. The number of nitrogens with two attached hydrogens (primary N) is 1. The molecule has 4 nitrogen and oxygen atoms in total. The zero-order valence-electron chi connectivity index (χ0n) is 8.89. The van der Waals surface area contributed by atoms with E-state index >= 15 is 0 Å². The van der Waals surface area contributed by atoms with Crippen molar-refractivity contribution in [1.82, 2.24) is 10.2 Å². The van der Waals surface area contributed by atoms with Gasteiger partial charge in [-0.15, -0.1) is 0 Å². The Morgan fingerprint density at radius 2 is 2.50 bits per heavy atom. The molecule has 0 radical (unpaired) electrons. The van der Waals surface area contributed by atoms with E-state index in [2.05, 4.69) is 38.0 Å². The predicted octanol–water partition coefficient (Wildman–Crippen LogP) is 1.68. The summed E-state index contributed by atoms with van der Waals surface area (Å²) >= 11 is 1.69. The maximum atomic E-state index is 5.89. The first kappa shape index (κ1) is 9.86. The summed E-state index contributed by atoms with van der Waals surface area (Å²) in [5.41, 5.74) is 8.17. The second kappa shape index (κ2) is 3.92. The first-order valence-corrected chi connectivity index (χ1v) is 6.36. The molecule has 0 aliphatic carbocycles. The van der Waals surface area contributed by atoms with Crippen LogP contribution >= 0.6 is 11.3 Å². The molecule has 5 heteroatoms. The van der Waals surface area contributed by atoms with Crippen LogP contribution in [0.15, 0.2) is 22.9 Å². The van der Waals surface area contributed by atoms with Crippen molar-refractivity contribution in [2.75, 3.05) is 18.0 Å². The lowest BCUT2D eigenvalue weighted by molar-refractivity contribution is 0.751. The summed E-state index contributed by atoms with van der Waals surface area (Å²) < 4.78 is 0. The van der Waals surface area contributed by atoms with Crippen molar-refractivity contribution in [3.05, 3.63) is 22.9 Å². The van der Waals surface area contributed by atoms with Crippen molar-refractivity contribution >= 4 is 17.2 Å². The number of rotatable bonds is 2. The van der Waals surface area contributed by atoms with E-state index in [1.807, 2.05) is 0 Å². The van der Waals surface area contributed by atoms with Crippen LogP contribution in [0.4, 0.5) is 5.82 Å². The molecular formula is C11H14N4S. The zero-order valence-corrected chi connectivity index (χ0v) is 9.70. The van der Waals surface area contributed by atoms with Crippen molar-refractivity contribution in [3.63, 3.8) is 0 Å². The van der Waals surface area contributed by atoms with E-state index in [4.69, 9.17) is 5.73 Å². The molecule has 0 spiro atoms. The molecule has 1 aliphatic rings. The van der Waals surface area contributed by atoms with Crippen LogP contribution in [0.1, 0.15) is 6.42 Å². The highest BCUT2D eigenvalue weighted by molar-refractivity contribution is 7.08. The highest BCUT2D eigenvalue weighted by Crippen LogP contribution is 2.25. The Kier molecular flexibility index (Phi) is 2.41. The van der Waals surface area contributed by atoms with Crippen LogP contribution < -0.4 is 10.6 Å². The van der Waals surface area contributed by atoms with Gasteiger partial charge >= 0.3 is 0 Å². The minimum atomic E-state index is 0.293. The molecule has 0 bridgehead atoms. The normalized spacial score (nSPS) is 20.6. The molecule has 16 heavy (non-hydrogen) atoms. The van der Waals surface area contributed by atoms with Gasteiger partial charge in [0.05, 0.1) is 5.69 Å². The Morgan fingerprint density at radius 1 is 1.56 bits per heavy atom. The minimum absolute atomic E-state index is 0.293. The molecule has 2 aromatic rings. The first-order valence-electron chi connectivity index (χ1n) is 5.41. The third-order valence-electron chi connectivity index (χ3n) is 2.95. The van der Waals surface area contributed by atoms with Gasteiger partial charge in [0, 0.05) is 36.1 Å². The quantitative estimate of drug-likeness (QED) is 0.831. The van der Waals surface area contributed by atoms with Crippen LogP contribution in [-0.2, 0) is 0 Å². The van der Waals surface area contributed by atoms with E-state index in [1.165, 1.54) is 5.56 Å². The number of H-pyrrole nitrogens is 1.